The van der Waals surface area contributed by atoms with Crippen molar-refractivity contribution in [2.24, 2.45) is 0 Å². The van der Waals surface area contributed by atoms with Crippen LogP contribution in [0.5, 0.6) is 5.75 Å². The van der Waals surface area contributed by atoms with Crippen LogP contribution < -0.4 is 4.74 Å². The van der Waals surface area contributed by atoms with Gasteiger partial charge in [0.05, 0.1) is 12.5 Å². The van der Waals surface area contributed by atoms with E-state index in [0.29, 0.717) is 5.02 Å². The van der Waals surface area contributed by atoms with Gasteiger partial charge in [-0.15, -0.1) is 22.9 Å². The molecular weight excluding hydrogens is 263 g/mol. The van der Waals surface area contributed by atoms with Gasteiger partial charge in [0, 0.05) is 9.90 Å². The van der Waals surface area contributed by atoms with E-state index >= 15 is 0 Å². The van der Waals surface area contributed by atoms with Gasteiger partial charge in [-0.3, -0.25) is 0 Å². The lowest BCUT2D eigenvalue weighted by molar-refractivity contribution is 0.414. The first-order chi connectivity index (χ1) is 7.72. The van der Waals surface area contributed by atoms with Crippen LogP contribution in [0.1, 0.15) is 15.8 Å². The number of ether oxygens (including phenoxy) is 1. The number of rotatable bonds is 3. The van der Waals surface area contributed by atoms with E-state index < -0.39 is 0 Å². The highest BCUT2D eigenvalue weighted by atomic mass is 35.5. The number of hydrogen-bond donors (Lipinski definition) is 0. The molecule has 0 aliphatic heterocycles. The lowest BCUT2D eigenvalue weighted by atomic mass is 10.1. The Hall–Kier alpha value is -0.700. The van der Waals surface area contributed by atoms with Gasteiger partial charge < -0.3 is 4.74 Å². The van der Waals surface area contributed by atoms with E-state index in [1.807, 2.05) is 29.6 Å². The van der Waals surface area contributed by atoms with Crippen LogP contribution >= 0.6 is 34.5 Å². The summed E-state index contributed by atoms with van der Waals surface area (Å²) in [5.41, 5.74) is 0.909. The smallest absolute Gasteiger partial charge is 0.120 e. The van der Waals surface area contributed by atoms with Crippen molar-refractivity contribution in [1.82, 2.24) is 0 Å². The number of benzene rings is 1. The van der Waals surface area contributed by atoms with Crippen LogP contribution in [0.4, 0.5) is 0 Å². The van der Waals surface area contributed by atoms with Crippen molar-refractivity contribution in [3.05, 3.63) is 51.2 Å². The Bertz CT molecular complexity index is 468. The fourth-order valence-corrected chi connectivity index (χ4v) is 2.90. The molecule has 16 heavy (non-hydrogen) atoms. The van der Waals surface area contributed by atoms with Gasteiger partial charge in [0.2, 0.25) is 0 Å². The summed E-state index contributed by atoms with van der Waals surface area (Å²) in [6, 6.07) is 9.53. The van der Waals surface area contributed by atoms with E-state index in [0.717, 1.165) is 16.2 Å². The lowest BCUT2D eigenvalue weighted by Crippen LogP contribution is -1.92. The molecule has 1 atom stereocenters. The minimum Gasteiger partial charge on any atom is -0.497 e. The van der Waals surface area contributed by atoms with Crippen molar-refractivity contribution < 1.29 is 4.74 Å². The molecule has 1 unspecified atom stereocenters. The van der Waals surface area contributed by atoms with Gasteiger partial charge in [-0.25, -0.2) is 0 Å². The van der Waals surface area contributed by atoms with Crippen molar-refractivity contribution in [2.45, 2.75) is 5.38 Å². The maximum absolute atomic E-state index is 6.36. The minimum absolute atomic E-state index is 0.196. The first-order valence-electron chi connectivity index (χ1n) is 4.73. The fraction of sp³-hybridized carbons (Fsp3) is 0.167. The number of thiophene rings is 1. The maximum Gasteiger partial charge on any atom is 0.120 e. The molecule has 0 fully saturated rings. The standard InChI is InChI=1S/C12H10Cl2OS/c1-15-8-4-5-9(10(13)7-8)12(14)11-3-2-6-16-11/h2-7,12H,1H3. The average molecular weight is 273 g/mol. The third kappa shape index (κ3) is 2.34. The van der Waals surface area contributed by atoms with Crippen molar-refractivity contribution in [1.29, 1.82) is 0 Å². The van der Waals surface area contributed by atoms with Gasteiger partial charge >= 0.3 is 0 Å². The van der Waals surface area contributed by atoms with Gasteiger partial charge in [0.1, 0.15) is 5.75 Å². The highest BCUT2D eigenvalue weighted by Gasteiger charge is 2.15. The minimum atomic E-state index is -0.196. The molecule has 0 spiro atoms. The summed E-state index contributed by atoms with van der Waals surface area (Å²) in [7, 11) is 1.61. The van der Waals surface area contributed by atoms with E-state index in [1.165, 1.54) is 0 Å². The van der Waals surface area contributed by atoms with Gasteiger partial charge in [0.25, 0.3) is 0 Å². The van der Waals surface area contributed by atoms with Crippen LogP contribution in [0.3, 0.4) is 0 Å². The summed E-state index contributed by atoms with van der Waals surface area (Å²) >= 11 is 14.1. The van der Waals surface area contributed by atoms with E-state index in [2.05, 4.69) is 0 Å². The van der Waals surface area contributed by atoms with E-state index in [9.17, 15) is 0 Å². The zero-order valence-electron chi connectivity index (χ0n) is 8.61. The molecule has 84 valence electrons. The second kappa shape index (κ2) is 5.09. The highest BCUT2D eigenvalue weighted by Crippen LogP contribution is 2.37. The van der Waals surface area contributed by atoms with Crippen LogP contribution in [-0.2, 0) is 0 Å². The Morgan fingerprint density at radius 2 is 2.12 bits per heavy atom. The van der Waals surface area contributed by atoms with E-state index in [1.54, 1.807) is 24.5 Å². The number of halogens is 2. The molecule has 0 saturated carbocycles. The normalized spacial score (nSPS) is 12.4. The predicted octanol–water partition coefficient (Wildman–Crippen LogP) is 4.74. The number of methoxy groups -OCH3 is 1. The van der Waals surface area contributed by atoms with Crippen molar-refractivity contribution in [2.75, 3.05) is 7.11 Å². The molecule has 1 nitrogen and oxygen atoms in total. The van der Waals surface area contributed by atoms with Crippen LogP contribution in [0, 0.1) is 0 Å². The second-order valence-electron chi connectivity index (χ2n) is 3.27. The zero-order valence-corrected chi connectivity index (χ0v) is 10.9. The molecule has 1 aromatic carbocycles. The Kier molecular flexibility index (Phi) is 3.74. The van der Waals surface area contributed by atoms with Crippen molar-refractivity contribution >= 4 is 34.5 Å². The van der Waals surface area contributed by atoms with Gasteiger partial charge in [-0.1, -0.05) is 23.7 Å². The first-order valence-corrected chi connectivity index (χ1v) is 6.42. The summed E-state index contributed by atoms with van der Waals surface area (Å²) in [5, 5.41) is 2.44. The van der Waals surface area contributed by atoms with Crippen molar-refractivity contribution in [3.8, 4) is 5.75 Å². The predicted molar refractivity (Wildman–Crippen MR) is 70.0 cm³/mol. The third-order valence-corrected chi connectivity index (χ3v) is 4.14. The number of alkyl halides is 1. The second-order valence-corrected chi connectivity index (χ2v) is 5.09. The summed E-state index contributed by atoms with van der Waals surface area (Å²) in [5.74, 6) is 0.740. The van der Waals surface area contributed by atoms with Crippen LogP contribution in [0.15, 0.2) is 35.7 Å². The molecule has 0 saturated heterocycles. The molecule has 0 bridgehead atoms. The SMILES string of the molecule is COc1ccc(C(Cl)c2cccs2)c(Cl)c1. The zero-order chi connectivity index (χ0) is 11.5. The fourth-order valence-electron chi connectivity index (χ4n) is 1.43. The summed E-state index contributed by atoms with van der Waals surface area (Å²) in [6.45, 7) is 0. The van der Waals surface area contributed by atoms with Crippen LogP contribution in [0.25, 0.3) is 0 Å². The molecule has 0 N–H and O–H groups in total. The first kappa shape index (κ1) is 11.8. The summed E-state index contributed by atoms with van der Waals surface area (Å²) in [4.78, 5) is 1.09. The molecule has 2 aromatic rings. The highest BCUT2D eigenvalue weighted by molar-refractivity contribution is 7.10. The van der Waals surface area contributed by atoms with Gasteiger partial charge in [0.15, 0.2) is 0 Å². The van der Waals surface area contributed by atoms with E-state index in [-0.39, 0.29) is 5.38 Å². The topological polar surface area (TPSA) is 9.23 Å². The number of hydrogen-bond acceptors (Lipinski definition) is 2. The molecule has 1 heterocycles. The van der Waals surface area contributed by atoms with Gasteiger partial charge in [-0.05, 0) is 29.1 Å². The maximum atomic E-state index is 6.36. The van der Waals surface area contributed by atoms with Crippen molar-refractivity contribution in [3.63, 3.8) is 0 Å². The molecule has 0 radical (unpaired) electrons. The molecule has 4 heteroatoms. The molecular formula is C12H10Cl2OS. The molecule has 0 amide bonds. The molecule has 0 aliphatic carbocycles. The molecule has 0 aliphatic rings. The quantitative estimate of drug-likeness (QED) is 0.734. The average Bonchev–Trinajstić information content (AvgIpc) is 2.81. The summed E-state index contributed by atoms with van der Waals surface area (Å²) in [6.07, 6.45) is 0. The lowest BCUT2D eigenvalue weighted by Gasteiger charge is -2.11. The monoisotopic (exact) mass is 272 g/mol. The Morgan fingerprint density at radius 1 is 1.31 bits per heavy atom. The van der Waals surface area contributed by atoms with E-state index in [4.69, 9.17) is 27.9 Å². The van der Waals surface area contributed by atoms with Crippen LogP contribution in [-0.4, -0.2) is 7.11 Å². The van der Waals surface area contributed by atoms with Crippen LogP contribution in [0.2, 0.25) is 5.02 Å². The Morgan fingerprint density at radius 3 is 2.69 bits per heavy atom. The largest absolute Gasteiger partial charge is 0.497 e. The summed E-state index contributed by atoms with van der Waals surface area (Å²) < 4.78 is 5.10. The molecule has 1 aromatic heterocycles. The van der Waals surface area contributed by atoms with Gasteiger partial charge in [-0.2, -0.15) is 0 Å². The third-order valence-electron chi connectivity index (χ3n) is 2.27. The molecule has 2 rings (SSSR count). The Balaban J connectivity index is 2.34. The Labute approximate surface area is 109 Å².